The van der Waals surface area contributed by atoms with Crippen molar-refractivity contribution in [2.24, 2.45) is 0 Å². The third-order valence-corrected chi connectivity index (χ3v) is 9.70. The predicted octanol–water partition coefficient (Wildman–Crippen LogP) is 10.9. The molecule has 6 aromatic carbocycles. The van der Waals surface area contributed by atoms with Gasteiger partial charge in [-0.05, 0) is 58.7 Å². The van der Waals surface area contributed by atoms with Crippen LogP contribution >= 0.6 is 11.3 Å². The van der Waals surface area contributed by atoms with Crippen molar-refractivity contribution in [1.82, 2.24) is 14.5 Å². The average molecular weight is 580 g/mol. The number of fused-ring (bicyclic) bond motifs is 6. The maximum Gasteiger partial charge on any atom is 0.116 e. The highest BCUT2D eigenvalue weighted by Gasteiger charge is 2.16. The Balaban J connectivity index is 1.15. The summed E-state index contributed by atoms with van der Waals surface area (Å²) >= 11 is 1.76. The molecule has 3 heterocycles. The van der Waals surface area contributed by atoms with E-state index in [1.165, 1.54) is 48.8 Å². The Kier molecular flexibility index (Phi) is 5.68. The maximum atomic E-state index is 4.83. The number of hydrogen-bond donors (Lipinski definition) is 0. The van der Waals surface area contributed by atoms with Crippen LogP contribution in [0.4, 0.5) is 0 Å². The molecule has 0 atom stereocenters. The lowest BCUT2D eigenvalue weighted by Gasteiger charge is -2.10. The van der Waals surface area contributed by atoms with E-state index in [1.807, 2.05) is 0 Å². The molecule has 206 valence electrons. The molecule has 0 radical (unpaired) electrons. The van der Waals surface area contributed by atoms with Crippen molar-refractivity contribution in [3.8, 4) is 39.2 Å². The van der Waals surface area contributed by atoms with E-state index in [4.69, 9.17) is 9.97 Å². The molecule has 0 aliphatic heterocycles. The van der Waals surface area contributed by atoms with E-state index in [0.717, 1.165) is 32.5 Å². The van der Waals surface area contributed by atoms with E-state index in [1.54, 1.807) is 17.7 Å². The van der Waals surface area contributed by atoms with Gasteiger partial charge in [0.1, 0.15) is 6.33 Å². The third-order valence-electron chi connectivity index (χ3n) is 8.53. The molecular formula is C40H25N3S. The number of rotatable bonds is 4. The Hall–Kier alpha value is -5.58. The molecule has 0 saturated heterocycles. The summed E-state index contributed by atoms with van der Waals surface area (Å²) in [6.45, 7) is 0. The number of hydrogen-bond acceptors (Lipinski definition) is 3. The quantitative estimate of drug-likeness (QED) is 0.208. The van der Waals surface area contributed by atoms with Gasteiger partial charge in [-0.1, -0.05) is 109 Å². The van der Waals surface area contributed by atoms with Crippen molar-refractivity contribution < 1.29 is 0 Å². The first-order valence-electron chi connectivity index (χ1n) is 14.7. The Morgan fingerprint density at radius 1 is 0.455 bits per heavy atom. The van der Waals surface area contributed by atoms with Crippen LogP contribution in [0.15, 0.2) is 152 Å². The molecule has 0 N–H and O–H groups in total. The van der Waals surface area contributed by atoms with Gasteiger partial charge in [0.25, 0.3) is 0 Å². The minimum absolute atomic E-state index is 0.965. The fourth-order valence-corrected chi connectivity index (χ4v) is 7.59. The first-order valence-corrected chi connectivity index (χ1v) is 15.6. The smallest absolute Gasteiger partial charge is 0.116 e. The van der Waals surface area contributed by atoms with Crippen LogP contribution in [0.5, 0.6) is 0 Å². The van der Waals surface area contributed by atoms with Gasteiger partial charge in [-0.2, -0.15) is 0 Å². The molecular weight excluding hydrogens is 555 g/mol. The zero-order valence-corrected chi connectivity index (χ0v) is 24.5. The fraction of sp³-hybridized carbons (Fsp3) is 0. The molecule has 0 aliphatic rings. The highest BCUT2D eigenvalue weighted by molar-refractivity contribution is 7.26. The second-order valence-electron chi connectivity index (χ2n) is 11.1. The summed E-state index contributed by atoms with van der Waals surface area (Å²) in [4.78, 5) is 9.62. The highest BCUT2D eigenvalue weighted by atomic mass is 32.1. The second-order valence-corrected chi connectivity index (χ2v) is 12.1. The van der Waals surface area contributed by atoms with Crippen LogP contribution in [0.25, 0.3) is 81.3 Å². The van der Waals surface area contributed by atoms with Crippen LogP contribution in [0.1, 0.15) is 0 Å². The van der Waals surface area contributed by atoms with Crippen molar-refractivity contribution in [3.63, 3.8) is 0 Å². The second kappa shape index (κ2) is 10.0. The molecule has 4 heteroatoms. The molecule has 3 aromatic heterocycles. The Labute approximate surface area is 258 Å². The average Bonchev–Trinajstić information content (AvgIpc) is 3.64. The minimum atomic E-state index is 0.965. The summed E-state index contributed by atoms with van der Waals surface area (Å²) in [5, 5.41) is 3.68. The molecule has 0 spiro atoms. The van der Waals surface area contributed by atoms with Gasteiger partial charge in [0.15, 0.2) is 0 Å². The van der Waals surface area contributed by atoms with Crippen LogP contribution < -0.4 is 0 Å². The van der Waals surface area contributed by atoms with Gasteiger partial charge >= 0.3 is 0 Å². The molecule has 0 fully saturated rings. The van der Waals surface area contributed by atoms with Gasteiger partial charge in [-0.3, -0.25) is 0 Å². The third kappa shape index (κ3) is 3.96. The number of nitrogens with zero attached hydrogens (tertiary/aromatic N) is 3. The standard InChI is InChI=1S/C40H25N3S/c1-2-9-26(10-3-1)27-17-19-28(20-18-27)29-21-22-37-34(24-29)39-40(44-37)38(41-25-42-39)30-11-8-12-31(23-30)43-35-15-6-4-13-32(35)33-14-5-7-16-36(33)43/h1-25H. The first kappa shape index (κ1) is 25.0. The molecule has 0 saturated carbocycles. The number of para-hydroxylation sites is 2. The maximum absolute atomic E-state index is 4.83. The zero-order valence-electron chi connectivity index (χ0n) is 23.7. The van der Waals surface area contributed by atoms with E-state index in [-0.39, 0.29) is 0 Å². The van der Waals surface area contributed by atoms with Crippen molar-refractivity contribution >= 4 is 53.4 Å². The molecule has 9 aromatic rings. The summed E-state index contributed by atoms with van der Waals surface area (Å²) in [6.07, 6.45) is 1.71. The largest absolute Gasteiger partial charge is 0.309 e. The number of thiophene rings is 1. The summed E-state index contributed by atoms with van der Waals surface area (Å²) in [7, 11) is 0. The van der Waals surface area contributed by atoms with Crippen molar-refractivity contribution in [3.05, 3.63) is 152 Å². The van der Waals surface area contributed by atoms with E-state index in [9.17, 15) is 0 Å². The summed E-state index contributed by atoms with van der Waals surface area (Å²) in [5.74, 6) is 0. The predicted molar refractivity (Wildman–Crippen MR) is 186 cm³/mol. The van der Waals surface area contributed by atoms with Crippen LogP contribution in [0.3, 0.4) is 0 Å². The van der Waals surface area contributed by atoms with Gasteiger partial charge in [-0.25, -0.2) is 9.97 Å². The molecule has 3 nitrogen and oxygen atoms in total. The van der Waals surface area contributed by atoms with Gasteiger partial charge in [0, 0.05) is 32.1 Å². The summed E-state index contributed by atoms with van der Waals surface area (Å²) < 4.78 is 4.68. The Bertz CT molecular complexity index is 2430. The topological polar surface area (TPSA) is 30.7 Å². The Morgan fingerprint density at radius 3 is 1.82 bits per heavy atom. The Morgan fingerprint density at radius 2 is 1.07 bits per heavy atom. The molecule has 0 aliphatic carbocycles. The van der Waals surface area contributed by atoms with Crippen molar-refractivity contribution in [1.29, 1.82) is 0 Å². The summed E-state index contributed by atoms with van der Waals surface area (Å²) in [5.41, 5.74) is 11.4. The van der Waals surface area contributed by atoms with Crippen LogP contribution in [0, 0.1) is 0 Å². The highest BCUT2D eigenvalue weighted by Crippen LogP contribution is 2.40. The molecule has 0 amide bonds. The monoisotopic (exact) mass is 579 g/mol. The van der Waals surface area contributed by atoms with Gasteiger partial charge in [-0.15, -0.1) is 11.3 Å². The van der Waals surface area contributed by atoms with Crippen LogP contribution in [0.2, 0.25) is 0 Å². The van der Waals surface area contributed by atoms with Gasteiger partial charge in [0.2, 0.25) is 0 Å². The fourth-order valence-electron chi connectivity index (χ4n) is 6.44. The lowest BCUT2D eigenvalue weighted by atomic mass is 9.99. The van der Waals surface area contributed by atoms with Crippen molar-refractivity contribution in [2.45, 2.75) is 0 Å². The minimum Gasteiger partial charge on any atom is -0.309 e. The SMILES string of the molecule is c1ccc(-c2ccc(-c3ccc4sc5c(-c6cccc(-n7c8ccccc8c8ccccc87)c6)ncnc5c4c3)cc2)cc1. The zero-order chi connectivity index (χ0) is 29.0. The van der Waals surface area contributed by atoms with Gasteiger partial charge < -0.3 is 4.57 Å². The number of aromatic nitrogens is 3. The molecule has 0 bridgehead atoms. The van der Waals surface area contributed by atoms with E-state index < -0.39 is 0 Å². The van der Waals surface area contributed by atoms with E-state index in [0.29, 0.717) is 0 Å². The van der Waals surface area contributed by atoms with E-state index in [2.05, 4.69) is 150 Å². The van der Waals surface area contributed by atoms with Gasteiger partial charge in [0.05, 0.1) is 26.9 Å². The molecule has 9 rings (SSSR count). The first-order chi connectivity index (χ1) is 21.8. The lowest BCUT2D eigenvalue weighted by molar-refractivity contribution is 1.18. The number of benzene rings is 6. The van der Waals surface area contributed by atoms with E-state index >= 15 is 0 Å². The molecule has 44 heavy (non-hydrogen) atoms. The molecule has 0 unspecified atom stereocenters. The van der Waals surface area contributed by atoms with Crippen LogP contribution in [-0.4, -0.2) is 14.5 Å². The normalized spacial score (nSPS) is 11.6. The van der Waals surface area contributed by atoms with Crippen LogP contribution in [-0.2, 0) is 0 Å². The summed E-state index contributed by atoms with van der Waals surface area (Å²) in [6, 6.07) is 52.0. The van der Waals surface area contributed by atoms with Crippen molar-refractivity contribution in [2.75, 3.05) is 0 Å². The lowest BCUT2D eigenvalue weighted by Crippen LogP contribution is -1.95.